The highest BCUT2D eigenvalue weighted by molar-refractivity contribution is 5.95. The summed E-state index contributed by atoms with van der Waals surface area (Å²) >= 11 is 0. The van der Waals surface area contributed by atoms with Crippen LogP contribution in [-0.2, 0) is 4.79 Å². The highest BCUT2D eigenvalue weighted by atomic mass is 16.5. The van der Waals surface area contributed by atoms with E-state index in [1.807, 2.05) is 18.7 Å². The zero-order chi connectivity index (χ0) is 21.7. The summed E-state index contributed by atoms with van der Waals surface area (Å²) in [6.45, 7) is 5.08. The van der Waals surface area contributed by atoms with Crippen LogP contribution in [-0.4, -0.2) is 49.6 Å². The zero-order valence-electron chi connectivity index (χ0n) is 17.6. The first kappa shape index (κ1) is 21.5. The van der Waals surface area contributed by atoms with Gasteiger partial charge in [0.05, 0.1) is 7.11 Å². The Morgan fingerprint density at radius 2 is 1.77 bits per heavy atom. The molecule has 0 aromatic heterocycles. The van der Waals surface area contributed by atoms with Crippen molar-refractivity contribution < 1.29 is 23.8 Å². The molecule has 0 bridgehead atoms. The molecule has 2 N–H and O–H groups in total. The van der Waals surface area contributed by atoms with E-state index in [4.69, 9.17) is 19.9 Å². The largest absolute Gasteiger partial charge is 0.493 e. The molecule has 2 aromatic rings. The summed E-state index contributed by atoms with van der Waals surface area (Å²) in [7, 11) is 1.48. The zero-order valence-corrected chi connectivity index (χ0v) is 17.6. The number of piperidine rings is 1. The van der Waals surface area contributed by atoms with Crippen LogP contribution in [0.4, 0.5) is 0 Å². The second-order valence-electron chi connectivity index (χ2n) is 7.50. The first-order valence-electron chi connectivity index (χ1n) is 9.99. The van der Waals surface area contributed by atoms with Gasteiger partial charge in [-0.2, -0.15) is 0 Å². The molecule has 1 saturated heterocycles. The van der Waals surface area contributed by atoms with Gasteiger partial charge in [0.25, 0.3) is 11.8 Å². The molecule has 0 unspecified atom stereocenters. The van der Waals surface area contributed by atoms with E-state index in [-0.39, 0.29) is 18.6 Å². The number of amides is 2. The minimum Gasteiger partial charge on any atom is -0.493 e. The third kappa shape index (κ3) is 5.23. The molecular formula is C23H28N2O5. The third-order valence-electron chi connectivity index (χ3n) is 5.15. The van der Waals surface area contributed by atoms with Crippen molar-refractivity contribution in [3.63, 3.8) is 0 Å². The van der Waals surface area contributed by atoms with Gasteiger partial charge in [-0.05, 0) is 49.2 Å². The molecule has 7 heteroatoms. The van der Waals surface area contributed by atoms with Crippen LogP contribution in [0.5, 0.6) is 17.2 Å². The van der Waals surface area contributed by atoms with E-state index in [2.05, 4.69) is 18.2 Å². The number of hydrogen-bond donors (Lipinski definition) is 1. The third-order valence-corrected chi connectivity index (χ3v) is 5.15. The number of carbonyl (C=O) groups is 2. The Labute approximate surface area is 176 Å². The number of nitrogens with zero attached hydrogens (tertiary/aromatic N) is 1. The molecule has 1 aliphatic heterocycles. The van der Waals surface area contributed by atoms with Crippen molar-refractivity contribution in [2.45, 2.75) is 32.8 Å². The van der Waals surface area contributed by atoms with Gasteiger partial charge in [0.2, 0.25) is 0 Å². The number of rotatable bonds is 7. The second kappa shape index (κ2) is 9.52. The minimum atomic E-state index is -0.580. The maximum absolute atomic E-state index is 12.9. The van der Waals surface area contributed by atoms with Crippen LogP contribution < -0.4 is 19.9 Å². The maximum Gasteiger partial charge on any atom is 0.255 e. The lowest BCUT2D eigenvalue weighted by molar-refractivity contribution is -0.119. The number of aryl methyl sites for hydroxylation is 2. The molecule has 0 spiro atoms. The van der Waals surface area contributed by atoms with E-state index in [0.717, 1.165) is 24.2 Å². The Kier molecular flexibility index (Phi) is 6.82. The van der Waals surface area contributed by atoms with E-state index < -0.39 is 5.91 Å². The molecule has 0 aliphatic carbocycles. The first-order chi connectivity index (χ1) is 14.4. The number of likely N-dealkylation sites (tertiary alicyclic amines) is 1. The molecule has 1 heterocycles. The van der Waals surface area contributed by atoms with Crippen LogP contribution in [0.25, 0.3) is 0 Å². The van der Waals surface area contributed by atoms with Gasteiger partial charge in [-0.25, -0.2) is 0 Å². The Hall–Kier alpha value is -3.22. The van der Waals surface area contributed by atoms with Crippen molar-refractivity contribution in [3.05, 3.63) is 53.1 Å². The van der Waals surface area contributed by atoms with E-state index in [1.165, 1.54) is 12.7 Å². The average Bonchev–Trinajstić information content (AvgIpc) is 2.74. The molecule has 3 rings (SSSR count). The summed E-state index contributed by atoms with van der Waals surface area (Å²) in [6, 6.07) is 11.1. The maximum atomic E-state index is 12.9. The SMILES string of the molecule is COc1cc(C(=O)N2CCC(Oc3cc(C)ccc3C)CC2)ccc1OCC(N)=O. The monoisotopic (exact) mass is 412 g/mol. The van der Waals surface area contributed by atoms with E-state index in [1.54, 1.807) is 18.2 Å². The summed E-state index contributed by atoms with van der Waals surface area (Å²) in [5.74, 6) is 1.02. The van der Waals surface area contributed by atoms with Crippen LogP contribution in [0.3, 0.4) is 0 Å². The van der Waals surface area contributed by atoms with Crippen LogP contribution in [0.15, 0.2) is 36.4 Å². The smallest absolute Gasteiger partial charge is 0.255 e. The quantitative estimate of drug-likeness (QED) is 0.755. The Balaban J connectivity index is 1.60. The Bertz CT molecular complexity index is 920. The lowest BCUT2D eigenvalue weighted by Gasteiger charge is -2.32. The van der Waals surface area contributed by atoms with Crippen LogP contribution in [0, 0.1) is 13.8 Å². The first-order valence-corrected chi connectivity index (χ1v) is 9.99. The van der Waals surface area contributed by atoms with Gasteiger partial charge in [0.1, 0.15) is 11.9 Å². The van der Waals surface area contributed by atoms with Crippen LogP contribution >= 0.6 is 0 Å². The lowest BCUT2D eigenvalue weighted by atomic mass is 10.1. The molecule has 2 amide bonds. The van der Waals surface area contributed by atoms with Gasteiger partial charge in [-0.1, -0.05) is 12.1 Å². The topological polar surface area (TPSA) is 91.1 Å². The minimum absolute atomic E-state index is 0.0695. The fraction of sp³-hybridized carbons (Fsp3) is 0.391. The van der Waals surface area contributed by atoms with Gasteiger partial charge < -0.3 is 24.8 Å². The molecule has 160 valence electrons. The molecule has 0 saturated carbocycles. The van der Waals surface area contributed by atoms with Gasteiger partial charge in [0, 0.05) is 31.5 Å². The molecule has 1 aliphatic rings. The molecule has 0 atom stereocenters. The average molecular weight is 412 g/mol. The number of nitrogens with two attached hydrogens (primary N) is 1. The van der Waals surface area contributed by atoms with Gasteiger partial charge in [0.15, 0.2) is 18.1 Å². The molecule has 7 nitrogen and oxygen atoms in total. The predicted octanol–water partition coefficient (Wildman–Crippen LogP) is 2.86. The van der Waals surface area contributed by atoms with Crippen molar-refractivity contribution in [2.75, 3.05) is 26.8 Å². The molecule has 1 fully saturated rings. The number of benzene rings is 2. The normalized spacial score (nSPS) is 14.3. The van der Waals surface area contributed by atoms with Crippen molar-refractivity contribution >= 4 is 11.8 Å². The Morgan fingerprint density at radius 3 is 2.43 bits per heavy atom. The van der Waals surface area contributed by atoms with Crippen molar-refractivity contribution in [3.8, 4) is 17.2 Å². The van der Waals surface area contributed by atoms with E-state index in [9.17, 15) is 9.59 Å². The van der Waals surface area contributed by atoms with Gasteiger partial charge >= 0.3 is 0 Å². The number of methoxy groups -OCH3 is 1. The van der Waals surface area contributed by atoms with Crippen LogP contribution in [0.1, 0.15) is 34.3 Å². The lowest BCUT2D eigenvalue weighted by Crippen LogP contribution is -2.41. The summed E-state index contributed by atoms with van der Waals surface area (Å²) in [6.07, 6.45) is 1.64. The van der Waals surface area contributed by atoms with Gasteiger partial charge in [-0.15, -0.1) is 0 Å². The predicted molar refractivity (Wildman–Crippen MR) is 113 cm³/mol. The fourth-order valence-electron chi connectivity index (χ4n) is 3.44. The fourth-order valence-corrected chi connectivity index (χ4v) is 3.44. The summed E-state index contributed by atoms with van der Waals surface area (Å²) in [5.41, 5.74) is 7.90. The summed E-state index contributed by atoms with van der Waals surface area (Å²) < 4.78 is 16.8. The highest BCUT2D eigenvalue weighted by Gasteiger charge is 2.25. The molecular weight excluding hydrogens is 384 g/mol. The van der Waals surface area contributed by atoms with E-state index >= 15 is 0 Å². The summed E-state index contributed by atoms with van der Waals surface area (Å²) in [5, 5.41) is 0. The number of primary amides is 1. The highest BCUT2D eigenvalue weighted by Crippen LogP contribution is 2.29. The summed E-state index contributed by atoms with van der Waals surface area (Å²) in [4.78, 5) is 25.7. The molecule has 2 aromatic carbocycles. The molecule has 30 heavy (non-hydrogen) atoms. The molecule has 0 radical (unpaired) electrons. The number of carbonyl (C=O) groups excluding carboxylic acids is 2. The second-order valence-corrected chi connectivity index (χ2v) is 7.50. The van der Waals surface area contributed by atoms with E-state index in [0.29, 0.717) is 30.2 Å². The standard InChI is InChI=1S/C23H28N2O5/c1-15-4-5-16(2)20(12-15)30-18-8-10-25(11-9-18)23(27)17-6-7-19(21(13-17)28-3)29-14-22(24)26/h4-7,12-13,18H,8-11,14H2,1-3H3,(H2,24,26). The Morgan fingerprint density at radius 1 is 1.03 bits per heavy atom. The van der Waals surface area contributed by atoms with Crippen LogP contribution in [0.2, 0.25) is 0 Å². The number of hydrogen-bond acceptors (Lipinski definition) is 5. The van der Waals surface area contributed by atoms with Crippen molar-refractivity contribution in [2.24, 2.45) is 5.73 Å². The number of ether oxygens (including phenoxy) is 3. The van der Waals surface area contributed by atoms with Crippen molar-refractivity contribution in [1.29, 1.82) is 0 Å². The van der Waals surface area contributed by atoms with Gasteiger partial charge in [-0.3, -0.25) is 9.59 Å². The van der Waals surface area contributed by atoms with Crippen molar-refractivity contribution in [1.82, 2.24) is 4.90 Å².